The molecule has 0 aromatic heterocycles. The van der Waals surface area contributed by atoms with Crippen LogP contribution in [0.15, 0.2) is 24.3 Å². The summed E-state index contributed by atoms with van der Waals surface area (Å²) in [5.41, 5.74) is 1.07. The second-order valence-electron chi connectivity index (χ2n) is 1.88. The Labute approximate surface area is 82.7 Å². The molecular weight excluding hydrogens is 138 g/mol. The van der Waals surface area contributed by atoms with Crippen LogP contribution in [-0.2, 0) is 6.42 Å². The van der Waals surface area contributed by atoms with E-state index in [2.05, 4.69) is 6.92 Å². The van der Waals surface area contributed by atoms with Crippen molar-refractivity contribution in [2.24, 2.45) is 0 Å². The summed E-state index contributed by atoms with van der Waals surface area (Å²) in [6, 6.07) is 6.37. The fourth-order valence-electron chi connectivity index (χ4n) is 0.651. The number of benzene rings is 1. The molecule has 0 saturated carbocycles. The quantitative estimate of drug-likeness (QED) is 0.529. The van der Waals surface area contributed by atoms with Gasteiger partial charge in [-0.25, -0.2) is 4.39 Å². The van der Waals surface area contributed by atoms with Crippen LogP contribution in [0.25, 0.3) is 0 Å². The van der Waals surface area contributed by atoms with E-state index in [0.29, 0.717) is 0 Å². The van der Waals surface area contributed by atoms with Crippen LogP contribution in [-0.4, -0.2) is 29.6 Å². The maximum absolute atomic E-state index is 12.2. The van der Waals surface area contributed by atoms with Crippen molar-refractivity contribution in [1.82, 2.24) is 0 Å². The van der Waals surface area contributed by atoms with Crippen LogP contribution in [0.3, 0.4) is 0 Å². The Morgan fingerprint density at radius 2 is 1.70 bits per heavy atom. The second-order valence-corrected chi connectivity index (χ2v) is 1.88. The van der Waals surface area contributed by atoms with Crippen molar-refractivity contribution in [2.75, 3.05) is 0 Å². The van der Waals surface area contributed by atoms with Gasteiger partial charge in [0.25, 0.3) is 0 Å². The van der Waals surface area contributed by atoms with E-state index in [1.165, 1.54) is 12.1 Å². The van der Waals surface area contributed by atoms with Gasteiger partial charge in [0.1, 0.15) is 5.82 Å². The van der Waals surface area contributed by atoms with Crippen LogP contribution in [0.4, 0.5) is 4.39 Å². The first-order valence-electron chi connectivity index (χ1n) is 2.86. The fraction of sp³-hybridized carbons (Fsp3) is 0.125. The molecule has 0 bridgehead atoms. The van der Waals surface area contributed by atoms with Gasteiger partial charge in [0.2, 0.25) is 0 Å². The Balaban J connectivity index is 0.000000810. The third-order valence-electron chi connectivity index (χ3n) is 1.20. The fourth-order valence-corrected chi connectivity index (χ4v) is 0.651. The van der Waals surface area contributed by atoms with Gasteiger partial charge in [-0.15, -0.1) is 0 Å². The van der Waals surface area contributed by atoms with E-state index >= 15 is 0 Å². The monoisotopic (exact) mass is 147 g/mol. The molecule has 1 aromatic carbocycles. The van der Waals surface area contributed by atoms with Crippen LogP contribution < -0.4 is 0 Å². The van der Waals surface area contributed by atoms with Gasteiger partial charge in [0, 0.05) is 0 Å². The van der Waals surface area contributed by atoms with Gasteiger partial charge in [-0.1, -0.05) is 12.1 Å². The van der Waals surface area contributed by atoms with Gasteiger partial charge in [0.05, 0.1) is 0 Å². The average Bonchev–Trinajstić information content (AvgIpc) is 1.90. The van der Waals surface area contributed by atoms with E-state index in [1.54, 1.807) is 12.1 Å². The second kappa shape index (κ2) is 4.89. The molecule has 0 aliphatic heterocycles. The molecular formula is C8H9FNa. The molecule has 0 atom stereocenters. The molecule has 0 aliphatic carbocycles. The third kappa shape index (κ3) is 2.82. The van der Waals surface area contributed by atoms with E-state index < -0.39 is 0 Å². The predicted molar refractivity (Wildman–Crippen MR) is 42.6 cm³/mol. The molecule has 0 aliphatic rings. The minimum atomic E-state index is -0.188. The molecule has 1 radical (unpaired) electrons. The molecule has 0 saturated heterocycles. The molecule has 49 valence electrons. The summed E-state index contributed by atoms with van der Waals surface area (Å²) >= 11 is 0. The van der Waals surface area contributed by atoms with E-state index in [-0.39, 0.29) is 35.4 Å². The van der Waals surface area contributed by atoms with Crippen LogP contribution in [0.5, 0.6) is 0 Å². The van der Waals surface area contributed by atoms with Crippen molar-refractivity contribution >= 4 is 29.6 Å². The molecule has 0 heterocycles. The van der Waals surface area contributed by atoms with Gasteiger partial charge in [-0.2, -0.15) is 0 Å². The molecule has 0 fully saturated rings. The Hall–Kier alpha value is 0.150. The summed E-state index contributed by atoms with van der Waals surface area (Å²) in [6.07, 6.45) is 0.722. The first kappa shape index (κ1) is 10.2. The molecule has 1 rings (SSSR count). The number of halogens is 1. The first-order valence-corrected chi connectivity index (χ1v) is 2.86. The number of hydrogen-bond donors (Lipinski definition) is 0. The maximum atomic E-state index is 12.2. The van der Waals surface area contributed by atoms with Crippen LogP contribution in [0, 0.1) is 12.7 Å². The van der Waals surface area contributed by atoms with Crippen LogP contribution in [0.2, 0.25) is 0 Å². The van der Waals surface area contributed by atoms with Gasteiger partial charge < -0.3 is 0 Å². The molecule has 0 N–H and O–H groups in total. The zero-order chi connectivity index (χ0) is 6.69. The Kier molecular flexibility index (Phi) is 4.96. The third-order valence-corrected chi connectivity index (χ3v) is 1.20. The standard InChI is InChI=1S/C8H8F.Na.H/c1-2-7-3-5-8(9)6-4-7;;/h3-6H,1-2H2;;. The zero-order valence-corrected chi connectivity index (χ0v) is 5.10. The molecule has 10 heavy (non-hydrogen) atoms. The zero-order valence-electron chi connectivity index (χ0n) is 5.10. The minimum absolute atomic E-state index is 0. The summed E-state index contributed by atoms with van der Waals surface area (Å²) in [6.45, 7) is 3.66. The van der Waals surface area contributed by atoms with Gasteiger partial charge in [-0.3, -0.25) is 0 Å². The molecule has 0 unspecified atom stereocenters. The van der Waals surface area contributed by atoms with Crippen LogP contribution in [0.1, 0.15) is 5.56 Å². The van der Waals surface area contributed by atoms with E-state index in [0.717, 1.165) is 12.0 Å². The summed E-state index contributed by atoms with van der Waals surface area (Å²) < 4.78 is 12.2. The SMILES string of the molecule is [CH2]Cc1ccc(F)cc1.[NaH]. The van der Waals surface area contributed by atoms with E-state index in [9.17, 15) is 4.39 Å². The molecule has 2 heteroatoms. The van der Waals surface area contributed by atoms with Crippen molar-refractivity contribution in [3.05, 3.63) is 42.6 Å². The Morgan fingerprint density at radius 1 is 1.20 bits per heavy atom. The summed E-state index contributed by atoms with van der Waals surface area (Å²) in [5.74, 6) is -0.188. The van der Waals surface area contributed by atoms with Crippen molar-refractivity contribution in [1.29, 1.82) is 0 Å². The summed E-state index contributed by atoms with van der Waals surface area (Å²) in [7, 11) is 0. The molecule has 0 spiro atoms. The van der Waals surface area contributed by atoms with Crippen molar-refractivity contribution in [3.63, 3.8) is 0 Å². The first-order chi connectivity index (χ1) is 4.33. The van der Waals surface area contributed by atoms with Crippen molar-refractivity contribution < 1.29 is 4.39 Å². The number of hydrogen-bond acceptors (Lipinski definition) is 0. The average molecular weight is 147 g/mol. The van der Waals surface area contributed by atoms with E-state index in [4.69, 9.17) is 0 Å². The summed E-state index contributed by atoms with van der Waals surface area (Å²) in [4.78, 5) is 0. The van der Waals surface area contributed by atoms with Crippen LogP contribution >= 0.6 is 0 Å². The summed E-state index contributed by atoms with van der Waals surface area (Å²) in [5, 5.41) is 0. The van der Waals surface area contributed by atoms with Gasteiger partial charge in [-0.05, 0) is 31.0 Å². The molecule has 0 nitrogen and oxygen atoms in total. The van der Waals surface area contributed by atoms with Gasteiger partial charge in [0.15, 0.2) is 0 Å². The molecule has 0 amide bonds. The van der Waals surface area contributed by atoms with E-state index in [1.807, 2.05) is 0 Å². The van der Waals surface area contributed by atoms with Gasteiger partial charge >= 0.3 is 29.6 Å². The Bertz CT molecular complexity index is 181. The molecule has 1 aromatic rings. The topological polar surface area (TPSA) is 0 Å². The predicted octanol–water partition coefficient (Wildman–Crippen LogP) is 1.55. The normalized spacial score (nSPS) is 8.60. The van der Waals surface area contributed by atoms with Crippen molar-refractivity contribution in [3.8, 4) is 0 Å². The Morgan fingerprint density at radius 3 is 2.10 bits per heavy atom. The number of rotatable bonds is 1. The van der Waals surface area contributed by atoms with Crippen molar-refractivity contribution in [2.45, 2.75) is 6.42 Å².